The van der Waals surface area contributed by atoms with Crippen molar-refractivity contribution < 1.29 is 18.3 Å². The number of hydrogen-bond donors (Lipinski definition) is 2. The highest BCUT2D eigenvalue weighted by atomic mass is 19.4. The van der Waals surface area contributed by atoms with E-state index in [1.807, 2.05) is 0 Å². The van der Waals surface area contributed by atoms with Crippen molar-refractivity contribution in [3.63, 3.8) is 0 Å². The van der Waals surface area contributed by atoms with Crippen molar-refractivity contribution in [2.45, 2.75) is 32.0 Å². The molecule has 1 unspecified atom stereocenters. The van der Waals surface area contributed by atoms with Crippen LogP contribution in [0.15, 0.2) is 18.2 Å². The second-order valence-electron chi connectivity index (χ2n) is 3.80. The zero-order valence-corrected chi connectivity index (χ0v) is 8.88. The van der Waals surface area contributed by atoms with Gasteiger partial charge in [0.05, 0.1) is 11.7 Å². The Balaban J connectivity index is 2.91. The van der Waals surface area contributed by atoms with Crippen LogP contribution in [0.2, 0.25) is 0 Å². The molecule has 0 bridgehead atoms. The molecule has 90 valence electrons. The molecule has 0 saturated carbocycles. The molecule has 0 aliphatic rings. The smallest absolute Gasteiger partial charge is 0.399 e. The minimum Gasteiger partial charge on any atom is -0.399 e. The van der Waals surface area contributed by atoms with Crippen LogP contribution in [0.3, 0.4) is 0 Å². The Morgan fingerprint density at radius 1 is 1.38 bits per heavy atom. The van der Waals surface area contributed by atoms with Gasteiger partial charge >= 0.3 is 6.18 Å². The molecule has 0 radical (unpaired) electrons. The van der Waals surface area contributed by atoms with Crippen molar-refractivity contribution >= 4 is 5.69 Å². The lowest BCUT2D eigenvalue weighted by molar-refractivity contribution is -0.137. The van der Waals surface area contributed by atoms with Gasteiger partial charge in [0.2, 0.25) is 0 Å². The van der Waals surface area contributed by atoms with E-state index in [1.165, 1.54) is 6.07 Å². The lowest BCUT2D eigenvalue weighted by Gasteiger charge is -2.11. The molecule has 3 N–H and O–H groups in total. The van der Waals surface area contributed by atoms with Crippen LogP contribution in [0.1, 0.15) is 24.5 Å². The molecule has 0 aliphatic heterocycles. The maximum absolute atomic E-state index is 12.4. The molecule has 0 amide bonds. The van der Waals surface area contributed by atoms with E-state index in [-0.39, 0.29) is 0 Å². The summed E-state index contributed by atoms with van der Waals surface area (Å²) in [6.07, 6.45) is -4.17. The molecule has 0 heterocycles. The van der Waals surface area contributed by atoms with E-state index < -0.39 is 17.8 Å². The minimum absolute atomic E-state index is 0.327. The van der Waals surface area contributed by atoms with Crippen LogP contribution in [0.4, 0.5) is 18.9 Å². The lowest BCUT2D eigenvalue weighted by Crippen LogP contribution is -2.08. The summed E-state index contributed by atoms with van der Waals surface area (Å²) in [5, 5.41) is 9.07. The van der Waals surface area contributed by atoms with Crippen molar-refractivity contribution in [1.29, 1.82) is 0 Å². The van der Waals surface area contributed by atoms with Gasteiger partial charge in [0.15, 0.2) is 0 Å². The number of nitrogen functional groups attached to an aromatic ring is 1. The molecule has 2 nitrogen and oxygen atoms in total. The fourth-order valence-corrected chi connectivity index (χ4v) is 1.36. The Labute approximate surface area is 91.9 Å². The van der Waals surface area contributed by atoms with Crippen molar-refractivity contribution in [1.82, 2.24) is 0 Å². The first-order valence-electron chi connectivity index (χ1n) is 4.94. The maximum atomic E-state index is 12.4. The molecular weight excluding hydrogens is 219 g/mol. The van der Waals surface area contributed by atoms with Gasteiger partial charge in [-0.2, -0.15) is 13.2 Å². The molecule has 1 rings (SSSR count). The van der Waals surface area contributed by atoms with Gasteiger partial charge in [-0.05, 0) is 43.5 Å². The normalized spacial score (nSPS) is 13.8. The third kappa shape index (κ3) is 3.41. The molecule has 1 atom stereocenters. The molecule has 0 aliphatic carbocycles. The number of nitrogens with two attached hydrogens (primary N) is 1. The van der Waals surface area contributed by atoms with E-state index in [4.69, 9.17) is 10.8 Å². The zero-order chi connectivity index (χ0) is 12.3. The molecule has 0 fully saturated rings. The van der Waals surface area contributed by atoms with Gasteiger partial charge in [0.1, 0.15) is 0 Å². The van der Waals surface area contributed by atoms with Gasteiger partial charge < -0.3 is 10.8 Å². The largest absolute Gasteiger partial charge is 0.416 e. The summed E-state index contributed by atoms with van der Waals surface area (Å²) in [6, 6.07) is 3.25. The van der Waals surface area contributed by atoms with Gasteiger partial charge in [-0.3, -0.25) is 0 Å². The number of benzene rings is 1. The summed E-state index contributed by atoms with van der Waals surface area (Å²) < 4.78 is 37.2. The molecule has 0 saturated heterocycles. The first kappa shape index (κ1) is 12.8. The Morgan fingerprint density at radius 3 is 2.50 bits per heavy atom. The number of aryl methyl sites for hydroxylation is 1. The van der Waals surface area contributed by atoms with Crippen LogP contribution in [0.5, 0.6) is 0 Å². The van der Waals surface area contributed by atoms with Crippen molar-refractivity contribution in [3.05, 3.63) is 29.3 Å². The first-order chi connectivity index (χ1) is 7.30. The SMILES string of the molecule is CC(O)CCc1cc(C(F)(F)F)ccc1N. The van der Waals surface area contributed by atoms with Crippen LogP contribution in [-0.4, -0.2) is 11.2 Å². The quantitative estimate of drug-likeness (QED) is 0.788. The Hall–Kier alpha value is -1.23. The zero-order valence-electron chi connectivity index (χ0n) is 8.88. The summed E-state index contributed by atoms with van der Waals surface area (Å²) in [5.41, 5.74) is 5.62. The predicted octanol–water partition coefficient (Wildman–Crippen LogP) is 2.60. The third-order valence-corrected chi connectivity index (χ3v) is 2.30. The fraction of sp³-hybridized carbons (Fsp3) is 0.455. The summed E-state index contributed by atoms with van der Waals surface area (Å²) in [4.78, 5) is 0. The number of aliphatic hydroxyl groups is 1. The summed E-state index contributed by atoms with van der Waals surface area (Å²) in [5.74, 6) is 0. The summed E-state index contributed by atoms with van der Waals surface area (Å²) in [6.45, 7) is 1.59. The van der Waals surface area contributed by atoms with Crippen LogP contribution in [0.25, 0.3) is 0 Å². The second kappa shape index (κ2) is 4.74. The van der Waals surface area contributed by atoms with E-state index >= 15 is 0 Å². The van der Waals surface area contributed by atoms with Crippen LogP contribution >= 0.6 is 0 Å². The van der Waals surface area contributed by atoms with E-state index in [0.29, 0.717) is 24.1 Å². The van der Waals surface area contributed by atoms with Gasteiger partial charge in [0.25, 0.3) is 0 Å². The number of anilines is 1. The van der Waals surface area contributed by atoms with Gasteiger partial charge in [0, 0.05) is 5.69 Å². The van der Waals surface area contributed by atoms with Gasteiger partial charge in [-0.15, -0.1) is 0 Å². The number of aliphatic hydroxyl groups excluding tert-OH is 1. The average molecular weight is 233 g/mol. The standard InChI is InChI=1S/C11H14F3NO/c1-7(16)2-3-8-6-9(11(12,13)14)4-5-10(8)15/h4-7,16H,2-3,15H2,1H3. The summed E-state index contributed by atoms with van der Waals surface area (Å²) >= 11 is 0. The molecule has 0 spiro atoms. The summed E-state index contributed by atoms with van der Waals surface area (Å²) in [7, 11) is 0. The van der Waals surface area contributed by atoms with Crippen molar-refractivity contribution in [2.75, 3.05) is 5.73 Å². The number of halogens is 3. The van der Waals surface area contributed by atoms with E-state index in [0.717, 1.165) is 12.1 Å². The predicted molar refractivity (Wildman–Crippen MR) is 55.9 cm³/mol. The highest BCUT2D eigenvalue weighted by Gasteiger charge is 2.30. The van der Waals surface area contributed by atoms with Crippen LogP contribution < -0.4 is 5.73 Å². The van der Waals surface area contributed by atoms with Gasteiger partial charge in [-0.1, -0.05) is 0 Å². The second-order valence-corrected chi connectivity index (χ2v) is 3.80. The monoisotopic (exact) mass is 233 g/mol. The Morgan fingerprint density at radius 2 is 2.00 bits per heavy atom. The fourth-order valence-electron chi connectivity index (χ4n) is 1.36. The van der Waals surface area contributed by atoms with Crippen LogP contribution in [0, 0.1) is 0 Å². The molecule has 5 heteroatoms. The van der Waals surface area contributed by atoms with Gasteiger partial charge in [-0.25, -0.2) is 0 Å². The number of alkyl halides is 3. The first-order valence-corrected chi connectivity index (χ1v) is 4.94. The highest BCUT2D eigenvalue weighted by molar-refractivity contribution is 5.49. The Kier molecular flexibility index (Phi) is 3.80. The third-order valence-electron chi connectivity index (χ3n) is 2.30. The maximum Gasteiger partial charge on any atom is 0.416 e. The average Bonchev–Trinajstić information content (AvgIpc) is 2.14. The molecular formula is C11H14F3NO. The highest BCUT2D eigenvalue weighted by Crippen LogP contribution is 2.31. The van der Waals surface area contributed by atoms with E-state index in [9.17, 15) is 13.2 Å². The van der Waals surface area contributed by atoms with Crippen molar-refractivity contribution in [3.8, 4) is 0 Å². The number of rotatable bonds is 3. The van der Waals surface area contributed by atoms with E-state index in [2.05, 4.69) is 0 Å². The molecule has 0 aromatic heterocycles. The topological polar surface area (TPSA) is 46.2 Å². The molecule has 16 heavy (non-hydrogen) atoms. The minimum atomic E-state index is -4.35. The molecule has 1 aromatic carbocycles. The Bertz CT molecular complexity index is 361. The number of hydrogen-bond acceptors (Lipinski definition) is 2. The lowest BCUT2D eigenvalue weighted by atomic mass is 10.0. The van der Waals surface area contributed by atoms with E-state index in [1.54, 1.807) is 6.92 Å². The van der Waals surface area contributed by atoms with Crippen molar-refractivity contribution in [2.24, 2.45) is 0 Å². The molecule has 1 aromatic rings. The van der Waals surface area contributed by atoms with Crippen LogP contribution in [-0.2, 0) is 12.6 Å².